The molecule has 7 nitrogen and oxygen atoms in total. The predicted molar refractivity (Wildman–Crippen MR) is 108 cm³/mol. The topological polar surface area (TPSA) is 85.1 Å². The van der Waals surface area contributed by atoms with Gasteiger partial charge in [-0.05, 0) is 52.8 Å². The Balaban J connectivity index is 0.000000162. The zero-order valence-electron chi connectivity index (χ0n) is 16.7. The second kappa shape index (κ2) is 7.00. The highest BCUT2D eigenvalue weighted by atomic mass is 17.3. The number of rotatable bonds is 2. The van der Waals surface area contributed by atoms with E-state index in [0.717, 1.165) is 27.7 Å². The molecule has 28 heavy (non-hydrogen) atoms. The van der Waals surface area contributed by atoms with Crippen molar-refractivity contribution >= 4 is 36.2 Å². The summed E-state index contributed by atoms with van der Waals surface area (Å²) in [4.78, 5) is 20.7. The third kappa shape index (κ3) is 3.84. The first kappa shape index (κ1) is 19.1. The number of fused-ring (bicyclic) bond motifs is 1. The summed E-state index contributed by atoms with van der Waals surface area (Å²) >= 11 is 0. The van der Waals surface area contributed by atoms with Crippen molar-refractivity contribution in [2.45, 2.75) is 45.8 Å². The molecule has 1 N–H and O–H groups in total. The molecule has 144 valence electrons. The second-order valence-corrected chi connectivity index (χ2v) is 8.03. The zero-order valence-corrected chi connectivity index (χ0v) is 16.7. The SMILES string of the molecule is CC1(C)OB(c2cnc3[nH]ccc3c2)OC1(C)C.Cc1ccc(B2OO2)cn1. The molecule has 0 spiro atoms. The molecule has 0 radical (unpaired) electrons. The van der Waals surface area contributed by atoms with E-state index in [4.69, 9.17) is 9.31 Å². The molecule has 3 aromatic heterocycles. The minimum absolute atomic E-state index is 0.159. The van der Waals surface area contributed by atoms with Crippen LogP contribution in [0.3, 0.4) is 0 Å². The highest BCUT2D eigenvalue weighted by molar-refractivity contribution is 6.65. The summed E-state index contributed by atoms with van der Waals surface area (Å²) in [5, 5.41) is 1.07. The van der Waals surface area contributed by atoms with Crippen LogP contribution in [0.4, 0.5) is 0 Å². The first-order valence-corrected chi connectivity index (χ1v) is 9.28. The van der Waals surface area contributed by atoms with E-state index < -0.39 is 0 Å². The maximum Gasteiger partial charge on any atom is 0.552 e. The van der Waals surface area contributed by atoms with Crippen molar-refractivity contribution in [3.8, 4) is 0 Å². The van der Waals surface area contributed by atoms with Crippen molar-refractivity contribution in [2.75, 3.05) is 0 Å². The van der Waals surface area contributed by atoms with Gasteiger partial charge in [0.15, 0.2) is 0 Å². The Bertz CT molecular complexity index is 955. The van der Waals surface area contributed by atoms with Gasteiger partial charge in [0.05, 0.1) is 11.2 Å². The highest BCUT2D eigenvalue weighted by Gasteiger charge is 2.51. The molecule has 0 amide bonds. The number of hydrogen-bond donors (Lipinski definition) is 1. The van der Waals surface area contributed by atoms with Crippen molar-refractivity contribution in [2.24, 2.45) is 0 Å². The van der Waals surface area contributed by atoms with E-state index >= 15 is 0 Å². The summed E-state index contributed by atoms with van der Waals surface area (Å²) < 4.78 is 12.0. The molecule has 5 heterocycles. The predicted octanol–water partition coefficient (Wildman–Crippen LogP) is 1.91. The van der Waals surface area contributed by atoms with Crippen LogP contribution in [0, 0.1) is 6.92 Å². The fourth-order valence-corrected chi connectivity index (χ4v) is 2.82. The Hall–Kier alpha value is -2.19. The molecule has 0 atom stereocenters. The molecule has 0 bridgehead atoms. The van der Waals surface area contributed by atoms with Crippen molar-refractivity contribution in [3.63, 3.8) is 0 Å². The van der Waals surface area contributed by atoms with Crippen molar-refractivity contribution in [3.05, 3.63) is 48.5 Å². The Morgan fingerprint density at radius 1 is 0.857 bits per heavy atom. The van der Waals surface area contributed by atoms with E-state index in [0.29, 0.717) is 0 Å². The molecular weight excluding hydrogens is 356 g/mol. The van der Waals surface area contributed by atoms with Gasteiger partial charge in [0.1, 0.15) is 5.65 Å². The smallest absolute Gasteiger partial charge is 0.399 e. The number of aromatic nitrogens is 3. The van der Waals surface area contributed by atoms with Crippen molar-refractivity contribution in [1.82, 2.24) is 15.0 Å². The van der Waals surface area contributed by atoms with Gasteiger partial charge in [0, 0.05) is 40.6 Å². The summed E-state index contributed by atoms with van der Waals surface area (Å²) in [6.07, 6.45) is 5.44. The van der Waals surface area contributed by atoms with Crippen LogP contribution < -0.4 is 10.9 Å². The molecule has 0 aromatic carbocycles. The van der Waals surface area contributed by atoms with E-state index in [1.165, 1.54) is 0 Å². The van der Waals surface area contributed by atoms with Gasteiger partial charge in [-0.3, -0.25) is 14.6 Å². The van der Waals surface area contributed by atoms with Gasteiger partial charge in [0.2, 0.25) is 0 Å². The van der Waals surface area contributed by atoms with Gasteiger partial charge in [-0.15, -0.1) is 0 Å². The maximum absolute atomic E-state index is 6.00. The fourth-order valence-electron chi connectivity index (χ4n) is 2.82. The number of H-pyrrole nitrogens is 1. The summed E-state index contributed by atoms with van der Waals surface area (Å²) in [5.74, 6) is 0. The van der Waals surface area contributed by atoms with Crippen molar-refractivity contribution in [1.29, 1.82) is 0 Å². The quantitative estimate of drug-likeness (QED) is 0.416. The van der Waals surface area contributed by atoms with Gasteiger partial charge in [-0.2, -0.15) is 0 Å². The van der Waals surface area contributed by atoms with Gasteiger partial charge >= 0.3 is 14.2 Å². The molecule has 2 aliphatic rings. The molecule has 3 aromatic rings. The fraction of sp³-hybridized carbons (Fsp3) is 0.368. The molecule has 5 rings (SSSR count). The van der Waals surface area contributed by atoms with E-state index in [1.54, 1.807) is 12.4 Å². The van der Waals surface area contributed by atoms with Crippen LogP contribution in [0.25, 0.3) is 11.0 Å². The zero-order chi connectivity index (χ0) is 19.9. The number of nitrogens with one attached hydrogen (secondary N) is 1. The molecule has 2 aliphatic heterocycles. The third-order valence-electron chi connectivity index (χ3n) is 5.35. The number of pyridine rings is 2. The van der Waals surface area contributed by atoms with Gasteiger partial charge in [0.25, 0.3) is 0 Å². The molecule has 9 heteroatoms. The van der Waals surface area contributed by atoms with Crippen LogP contribution in [0.1, 0.15) is 33.4 Å². The first-order valence-electron chi connectivity index (χ1n) is 9.28. The van der Waals surface area contributed by atoms with E-state index in [1.807, 2.05) is 31.3 Å². The van der Waals surface area contributed by atoms with Crippen LogP contribution in [0.15, 0.2) is 42.9 Å². The summed E-state index contributed by atoms with van der Waals surface area (Å²) in [6, 6.07) is 7.93. The first-order chi connectivity index (χ1) is 13.2. The Morgan fingerprint density at radius 3 is 2.14 bits per heavy atom. The lowest BCUT2D eigenvalue weighted by molar-refractivity contribution is 0.00578. The van der Waals surface area contributed by atoms with Gasteiger partial charge in [-0.1, -0.05) is 6.07 Å². The van der Waals surface area contributed by atoms with Crippen molar-refractivity contribution < 1.29 is 18.9 Å². The Labute approximate surface area is 165 Å². The average Bonchev–Trinajstić information content (AvgIpc) is 3.33. The van der Waals surface area contributed by atoms with Gasteiger partial charge in [-0.25, -0.2) is 4.98 Å². The third-order valence-corrected chi connectivity index (χ3v) is 5.35. The maximum atomic E-state index is 6.00. The molecule has 2 saturated heterocycles. The summed E-state index contributed by atoms with van der Waals surface area (Å²) in [7, 11) is -0.505. The molecule has 2 fully saturated rings. The lowest BCUT2D eigenvalue weighted by Crippen LogP contribution is -2.41. The largest absolute Gasteiger partial charge is 0.552 e. The standard InChI is InChI=1S/C13H17BN2O2.C6H6BNO2/c1-12(2)13(3,4)18-14(17-12)10-7-9-5-6-15-11(9)16-8-10;1-5-2-3-6(4-8-5)7-9-10-7/h5-8H,1-4H3,(H,15,16);2-4H,1H3. The van der Waals surface area contributed by atoms with Crippen LogP contribution in [0.2, 0.25) is 0 Å². The number of aromatic amines is 1. The summed E-state index contributed by atoms with van der Waals surface area (Å²) in [6.45, 7) is 10.1. The second-order valence-electron chi connectivity index (χ2n) is 8.03. The van der Waals surface area contributed by atoms with Gasteiger partial charge < -0.3 is 14.3 Å². The highest BCUT2D eigenvalue weighted by Crippen LogP contribution is 2.36. The minimum Gasteiger partial charge on any atom is -0.399 e. The molecule has 0 saturated carbocycles. The van der Waals surface area contributed by atoms with Crippen LogP contribution >= 0.6 is 0 Å². The Morgan fingerprint density at radius 2 is 1.54 bits per heavy atom. The van der Waals surface area contributed by atoms with E-state index in [-0.39, 0.29) is 25.4 Å². The van der Waals surface area contributed by atoms with Crippen LogP contribution in [0.5, 0.6) is 0 Å². The average molecular weight is 379 g/mol. The number of nitrogens with zero attached hydrogens (tertiary/aromatic N) is 2. The Kier molecular flexibility index (Phi) is 4.79. The van der Waals surface area contributed by atoms with E-state index in [9.17, 15) is 0 Å². The van der Waals surface area contributed by atoms with Crippen LogP contribution in [-0.2, 0) is 18.9 Å². The number of aryl methyl sites for hydroxylation is 1. The molecular formula is C19H23B2N3O4. The van der Waals surface area contributed by atoms with Crippen LogP contribution in [-0.4, -0.2) is 40.4 Å². The normalized spacial score (nSPS) is 19.5. The monoisotopic (exact) mass is 379 g/mol. The lowest BCUT2D eigenvalue weighted by Gasteiger charge is -2.32. The minimum atomic E-state index is -0.346. The summed E-state index contributed by atoms with van der Waals surface area (Å²) in [5.41, 5.74) is 3.20. The lowest BCUT2D eigenvalue weighted by atomic mass is 9.80. The van der Waals surface area contributed by atoms with E-state index in [2.05, 4.69) is 58.3 Å². The molecule has 0 unspecified atom stereocenters. The molecule has 0 aliphatic carbocycles. The number of hydrogen-bond acceptors (Lipinski definition) is 6.